The minimum atomic E-state index is 0.542. The second-order valence-electron chi connectivity index (χ2n) is 5.62. The van der Waals surface area contributed by atoms with Crippen LogP contribution in [0.15, 0.2) is 17.6 Å². The van der Waals surface area contributed by atoms with Crippen LogP contribution in [0.3, 0.4) is 0 Å². The Morgan fingerprint density at radius 1 is 1.19 bits per heavy atom. The van der Waals surface area contributed by atoms with E-state index < -0.39 is 0 Å². The van der Waals surface area contributed by atoms with Crippen LogP contribution in [0.2, 0.25) is 0 Å². The van der Waals surface area contributed by atoms with Gasteiger partial charge in [0.1, 0.15) is 0 Å². The highest BCUT2D eigenvalue weighted by Crippen LogP contribution is 2.20. The molecular formula is C17H33N3O. The molecule has 1 saturated carbocycles. The third kappa shape index (κ3) is 9.51. The molecule has 1 aliphatic carbocycles. The summed E-state index contributed by atoms with van der Waals surface area (Å²) in [7, 11) is 0. The molecule has 0 amide bonds. The molecule has 1 fully saturated rings. The molecule has 0 spiro atoms. The molecule has 4 heteroatoms. The van der Waals surface area contributed by atoms with E-state index in [2.05, 4.69) is 29.1 Å². The van der Waals surface area contributed by atoms with E-state index in [1.165, 1.54) is 38.5 Å². The van der Waals surface area contributed by atoms with Crippen molar-refractivity contribution in [2.75, 3.05) is 26.2 Å². The monoisotopic (exact) mass is 295 g/mol. The average Bonchev–Trinajstić information content (AvgIpc) is 2.52. The number of rotatable bonds is 10. The fourth-order valence-electron chi connectivity index (χ4n) is 2.57. The van der Waals surface area contributed by atoms with Crippen LogP contribution >= 0.6 is 0 Å². The van der Waals surface area contributed by atoms with Crippen LogP contribution in [0, 0.1) is 0 Å². The van der Waals surface area contributed by atoms with Crippen LogP contribution in [0.25, 0.3) is 0 Å². The minimum Gasteiger partial charge on any atom is -0.378 e. The van der Waals surface area contributed by atoms with Crippen LogP contribution in [0.4, 0.5) is 0 Å². The Labute approximate surface area is 130 Å². The number of guanidine groups is 1. The van der Waals surface area contributed by atoms with Crippen molar-refractivity contribution in [1.82, 2.24) is 10.6 Å². The van der Waals surface area contributed by atoms with Gasteiger partial charge in [-0.05, 0) is 39.0 Å². The van der Waals surface area contributed by atoms with E-state index in [0.29, 0.717) is 6.10 Å². The zero-order valence-corrected chi connectivity index (χ0v) is 13.7. The summed E-state index contributed by atoms with van der Waals surface area (Å²) in [5.41, 5.74) is 0. The predicted octanol–water partition coefficient (Wildman–Crippen LogP) is 3.25. The van der Waals surface area contributed by atoms with Crippen LogP contribution < -0.4 is 10.6 Å². The summed E-state index contributed by atoms with van der Waals surface area (Å²) in [5, 5.41) is 6.44. The topological polar surface area (TPSA) is 45.7 Å². The number of nitrogens with one attached hydrogen (secondary N) is 2. The highest BCUT2D eigenvalue weighted by atomic mass is 16.5. The summed E-state index contributed by atoms with van der Waals surface area (Å²) in [6, 6.07) is 0. The summed E-state index contributed by atoms with van der Waals surface area (Å²) in [5.74, 6) is 0.885. The van der Waals surface area contributed by atoms with Gasteiger partial charge in [-0.15, -0.1) is 6.58 Å². The second-order valence-corrected chi connectivity index (χ2v) is 5.62. The highest BCUT2D eigenvalue weighted by Gasteiger charge is 2.12. The van der Waals surface area contributed by atoms with Crippen LogP contribution in [0.1, 0.15) is 58.3 Å². The molecule has 1 aliphatic rings. The van der Waals surface area contributed by atoms with Crippen molar-refractivity contribution >= 4 is 5.96 Å². The van der Waals surface area contributed by atoms with Gasteiger partial charge in [-0.25, -0.2) is 0 Å². The molecular weight excluding hydrogens is 262 g/mol. The van der Waals surface area contributed by atoms with Crippen molar-refractivity contribution in [3.8, 4) is 0 Å². The molecule has 0 aromatic carbocycles. The summed E-state index contributed by atoms with van der Waals surface area (Å²) >= 11 is 0. The van der Waals surface area contributed by atoms with Gasteiger partial charge in [0.15, 0.2) is 5.96 Å². The van der Waals surface area contributed by atoms with E-state index >= 15 is 0 Å². The van der Waals surface area contributed by atoms with E-state index in [-0.39, 0.29) is 0 Å². The van der Waals surface area contributed by atoms with Gasteiger partial charge in [-0.3, -0.25) is 4.99 Å². The van der Waals surface area contributed by atoms with E-state index in [1.54, 1.807) is 0 Å². The zero-order valence-electron chi connectivity index (χ0n) is 13.7. The molecule has 4 nitrogen and oxygen atoms in total. The van der Waals surface area contributed by atoms with E-state index in [9.17, 15) is 0 Å². The van der Waals surface area contributed by atoms with Crippen molar-refractivity contribution in [3.63, 3.8) is 0 Å². The highest BCUT2D eigenvalue weighted by molar-refractivity contribution is 5.79. The molecule has 0 aromatic heterocycles. The molecule has 0 atom stereocenters. The smallest absolute Gasteiger partial charge is 0.191 e. The Kier molecular flexibility index (Phi) is 10.9. The van der Waals surface area contributed by atoms with Crippen molar-refractivity contribution in [2.24, 2.45) is 4.99 Å². The first-order chi connectivity index (χ1) is 10.4. The Bertz CT molecular complexity index is 286. The minimum absolute atomic E-state index is 0.542. The Morgan fingerprint density at radius 2 is 2.00 bits per heavy atom. The SMILES string of the molecule is C=CCNC(=NCCCCCOC1CCCCC1)NCC. The second kappa shape index (κ2) is 12.7. The summed E-state index contributed by atoms with van der Waals surface area (Å²) < 4.78 is 5.93. The maximum absolute atomic E-state index is 5.93. The molecule has 0 aromatic rings. The van der Waals surface area contributed by atoms with Gasteiger partial charge in [0, 0.05) is 26.2 Å². The normalized spacial score (nSPS) is 16.7. The van der Waals surface area contributed by atoms with Gasteiger partial charge in [0.05, 0.1) is 6.10 Å². The quantitative estimate of drug-likeness (QED) is 0.281. The van der Waals surface area contributed by atoms with Crippen LogP contribution in [-0.2, 0) is 4.74 Å². The van der Waals surface area contributed by atoms with Gasteiger partial charge in [0.2, 0.25) is 0 Å². The van der Waals surface area contributed by atoms with Gasteiger partial charge < -0.3 is 15.4 Å². The molecule has 2 N–H and O–H groups in total. The van der Waals surface area contributed by atoms with Crippen molar-refractivity contribution < 1.29 is 4.74 Å². The number of hydrogen-bond donors (Lipinski definition) is 2. The van der Waals surface area contributed by atoms with Crippen LogP contribution in [0.5, 0.6) is 0 Å². The lowest BCUT2D eigenvalue weighted by atomic mass is 9.98. The summed E-state index contributed by atoms with van der Waals surface area (Å²) in [6.07, 6.45) is 12.5. The first-order valence-corrected chi connectivity index (χ1v) is 8.61. The van der Waals surface area contributed by atoms with Crippen LogP contribution in [-0.4, -0.2) is 38.3 Å². The lowest BCUT2D eigenvalue weighted by Gasteiger charge is -2.21. The van der Waals surface area contributed by atoms with E-state index in [1.807, 2.05) is 6.08 Å². The molecule has 0 bridgehead atoms. The van der Waals surface area contributed by atoms with Gasteiger partial charge in [-0.2, -0.15) is 0 Å². The predicted molar refractivity (Wildman–Crippen MR) is 90.9 cm³/mol. The number of unbranched alkanes of at least 4 members (excludes halogenated alkanes) is 2. The molecule has 21 heavy (non-hydrogen) atoms. The maximum Gasteiger partial charge on any atom is 0.191 e. The van der Waals surface area contributed by atoms with Gasteiger partial charge >= 0.3 is 0 Å². The number of hydrogen-bond acceptors (Lipinski definition) is 2. The number of ether oxygens (including phenoxy) is 1. The largest absolute Gasteiger partial charge is 0.378 e. The Morgan fingerprint density at radius 3 is 2.71 bits per heavy atom. The summed E-state index contributed by atoms with van der Waals surface area (Å²) in [4.78, 5) is 4.54. The molecule has 1 rings (SSSR count). The first kappa shape index (κ1) is 18.0. The molecule has 0 heterocycles. The molecule has 122 valence electrons. The molecule has 0 aliphatic heterocycles. The fourth-order valence-corrected chi connectivity index (χ4v) is 2.57. The van der Waals surface area contributed by atoms with Crippen molar-refractivity contribution in [3.05, 3.63) is 12.7 Å². The molecule has 0 saturated heterocycles. The number of nitrogens with zero attached hydrogens (tertiary/aromatic N) is 1. The molecule has 0 unspecified atom stereocenters. The van der Waals surface area contributed by atoms with E-state index in [4.69, 9.17) is 4.74 Å². The fraction of sp³-hybridized carbons (Fsp3) is 0.824. The summed E-state index contributed by atoms with van der Waals surface area (Å²) in [6.45, 7) is 9.21. The Hall–Kier alpha value is -1.03. The third-order valence-corrected chi connectivity index (χ3v) is 3.74. The van der Waals surface area contributed by atoms with Crippen molar-refractivity contribution in [2.45, 2.75) is 64.4 Å². The first-order valence-electron chi connectivity index (χ1n) is 8.61. The van der Waals surface area contributed by atoms with Gasteiger partial charge in [-0.1, -0.05) is 25.3 Å². The lowest BCUT2D eigenvalue weighted by Crippen LogP contribution is -2.37. The standard InChI is InChI=1S/C17H33N3O/c1-3-13-19-17(18-4-2)20-14-9-6-10-15-21-16-11-7-5-8-12-16/h3,16H,1,4-15H2,2H3,(H2,18,19,20). The molecule has 0 radical (unpaired) electrons. The third-order valence-electron chi connectivity index (χ3n) is 3.74. The Balaban J connectivity index is 1.99. The number of aliphatic imine (C=N–C) groups is 1. The zero-order chi connectivity index (χ0) is 15.2. The average molecular weight is 295 g/mol. The van der Waals surface area contributed by atoms with Crippen molar-refractivity contribution in [1.29, 1.82) is 0 Å². The maximum atomic E-state index is 5.93. The van der Waals surface area contributed by atoms with Gasteiger partial charge in [0.25, 0.3) is 0 Å². The van der Waals surface area contributed by atoms with E-state index in [0.717, 1.165) is 45.0 Å². The lowest BCUT2D eigenvalue weighted by molar-refractivity contribution is 0.0264.